The maximum Gasteiger partial charge on any atom is 0.309 e. The second-order valence-corrected chi connectivity index (χ2v) is 7.41. The molecule has 2 aliphatic heterocycles. The molecule has 1 saturated heterocycles. The van der Waals surface area contributed by atoms with Crippen molar-refractivity contribution in [2.75, 3.05) is 33.3 Å². The van der Waals surface area contributed by atoms with Crippen molar-refractivity contribution < 1.29 is 28.6 Å². The van der Waals surface area contributed by atoms with Crippen LogP contribution < -0.4 is 9.47 Å². The van der Waals surface area contributed by atoms with Crippen LogP contribution in [-0.4, -0.2) is 73.1 Å². The van der Waals surface area contributed by atoms with Crippen molar-refractivity contribution in [3.05, 3.63) is 24.3 Å². The van der Waals surface area contributed by atoms with Crippen LogP contribution in [0, 0.1) is 5.92 Å². The molecule has 2 unspecified atom stereocenters. The number of carbonyl (C=O) groups is 3. The number of para-hydroxylation sites is 2. The number of amides is 2. The van der Waals surface area contributed by atoms with Crippen LogP contribution in [0.25, 0.3) is 0 Å². The highest BCUT2D eigenvalue weighted by Crippen LogP contribution is 2.33. The summed E-state index contributed by atoms with van der Waals surface area (Å²) in [5.41, 5.74) is 0. The Hall–Kier alpha value is -2.77. The quantitative estimate of drug-likeness (QED) is 0.691. The lowest BCUT2D eigenvalue weighted by Gasteiger charge is -2.35. The summed E-state index contributed by atoms with van der Waals surface area (Å²) in [6.45, 7) is 4.84. The number of ether oxygens (including phenoxy) is 3. The fourth-order valence-corrected chi connectivity index (χ4v) is 3.61. The smallest absolute Gasteiger partial charge is 0.309 e. The van der Waals surface area contributed by atoms with E-state index >= 15 is 0 Å². The van der Waals surface area contributed by atoms with Gasteiger partial charge in [-0.05, 0) is 38.8 Å². The standard InChI is InChI=1S/C21H28N2O6/c1-4-27-21(26)15-9-11-23(12-10-15)18(24)13-22(3)20(25)19-14(2)28-16-7-5-6-8-17(16)29-19/h5-8,14-15,19H,4,9-13H2,1-3H3. The molecule has 1 aromatic rings. The summed E-state index contributed by atoms with van der Waals surface area (Å²) in [6.07, 6.45) is -0.113. The van der Waals surface area contributed by atoms with Gasteiger partial charge in [0.25, 0.3) is 5.91 Å². The Bertz CT molecular complexity index is 759. The summed E-state index contributed by atoms with van der Waals surface area (Å²) in [5, 5.41) is 0. The molecule has 2 amide bonds. The predicted octanol–water partition coefficient (Wildman–Crippen LogP) is 1.48. The van der Waals surface area contributed by atoms with Gasteiger partial charge in [0.2, 0.25) is 12.0 Å². The van der Waals surface area contributed by atoms with Gasteiger partial charge in [0, 0.05) is 20.1 Å². The van der Waals surface area contributed by atoms with Crippen LogP contribution in [0.3, 0.4) is 0 Å². The van der Waals surface area contributed by atoms with Gasteiger partial charge in [0.1, 0.15) is 6.10 Å². The molecule has 2 heterocycles. The van der Waals surface area contributed by atoms with Gasteiger partial charge in [-0.2, -0.15) is 0 Å². The summed E-state index contributed by atoms with van der Waals surface area (Å²) in [5.74, 6) is 0.314. The van der Waals surface area contributed by atoms with E-state index in [4.69, 9.17) is 14.2 Å². The zero-order valence-electron chi connectivity index (χ0n) is 17.1. The van der Waals surface area contributed by atoms with Crippen LogP contribution in [-0.2, 0) is 19.1 Å². The molecule has 1 fully saturated rings. The summed E-state index contributed by atoms with van der Waals surface area (Å²) in [7, 11) is 1.59. The van der Waals surface area contributed by atoms with Crippen molar-refractivity contribution in [2.24, 2.45) is 5.92 Å². The van der Waals surface area contributed by atoms with E-state index in [1.165, 1.54) is 4.90 Å². The second kappa shape index (κ2) is 9.15. The topological polar surface area (TPSA) is 85.4 Å². The minimum Gasteiger partial charge on any atom is -0.482 e. The summed E-state index contributed by atoms with van der Waals surface area (Å²) in [6, 6.07) is 7.19. The van der Waals surface area contributed by atoms with Gasteiger partial charge in [-0.25, -0.2) is 0 Å². The Morgan fingerprint density at radius 2 is 1.76 bits per heavy atom. The number of likely N-dealkylation sites (tertiary alicyclic amines) is 1. The van der Waals surface area contributed by atoms with Gasteiger partial charge >= 0.3 is 5.97 Å². The molecule has 0 N–H and O–H groups in total. The first kappa shape index (κ1) is 21.0. The number of carbonyl (C=O) groups excluding carboxylic acids is 3. The molecule has 0 aromatic heterocycles. The van der Waals surface area contributed by atoms with Gasteiger partial charge < -0.3 is 24.0 Å². The maximum absolute atomic E-state index is 12.8. The van der Waals surface area contributed by atoms with E-state index in [1.807, 2.05) is 12.1 Å². The average Bonchev–Trinajstić information content (AvgIpc) is 2.73. The van der Waals surface area contributed by atoms with Gasteiger partial charge in [-0.3, -0.25) is 14.4 Å². The third-order valence-electron chi connectivity index (χ3n) is 5.30. The highest BCUT2D eigenvalue weighted by Gasteiger charge is 2.37. The number of benzene rings is 1. The SMILES string of the molecule is CCOC(=O)C1CCN(C(=O)CN(C)C(=O)C2Oc3ccccc3OC2C)CC1. The fraction of sp³-hybridized carbons (Fsp3) is 0.571. The fourth-order valence-electron chi connectivity index (χ4n) is 3.61. The van der Waals surface area contributed by atoms with E-state index in [-0.39, 0.29) is 30.2 Å². The zero-order valence-corrected chi connectivity index (χ0v) is 17.1. The molecule has 2 aliphatic rings. The second-order valence-electron chi connectivity index (χ2n) is 7.41. The lowest BCUT2D eigenvalue weighted by atomic mass is 9.97. The minimum atomic E-state index is -0.808. The van der Waals surface area contributed by atoms with Crippen molar-refractivity contribution in [1.29, 1.82) is 0 Å². The van der Waals surface area contributed by atoms with Crippen LogP contribution in [0.1, 0.15) is 26.7 Å². The first-order chi connectivity index (χ1) is 13.9. The number of nitrogens with zero attached hydrogens (tertiary/aromatic N) is 2. The lowest BCUT2D eigenvalue weighted by molar-refractivity contribution is -0.152. The summed E-state index contributed by atoms with van der Waals surface area (Å²) in [4.78, 5) is 40.4. The molecule has 1 aromatic carbocycles. The van der Waals surface area contributed by atoms with E-state index < -0.39 is 12.2 Å². The van der Waals surface area contributed by atoms with Crippen molar-refractivity contribution in [1.82, 2.24) is 9.80 Å². The molecular weight excluding hydrogens is 376 g/mol. The Kier molecular flexibility index (Phi) is 6.61. The highest BCUT2D eigenvalue weighted by molar-refractivity contribution is 5.87. The molecule has 0 spiro atoms. The molecule has 158 valence electrons. The molecule has 8 nitrogen and oxygen atoms in total. The third kappa shape index (κ3) is 4.81. The van der Waals surface area contributed by atoms with Crippen molar-refractivity contribution in [3.63, 3.8) is 0 Å². The average molecular weight is 404 g/mol. The minimum absolute atomic E-state index is 0.0445. The molecule has 0 bridgehead atoms. The van der Waals surface area contributed by atoms with E-state index in [9.17, 15) is 14.4 Å². The van der Waals surface area contributed by atoms with E-state index in [1.54, 1.807) is 37.9 Å². The number of piperidine rings is 1. The molecule has 0 aliphatic carbocycles. The maximum atomic E-state index is 12.8. The van der Waals surface area contributed by atoms with Gasteiger partial charge in [0.15, 0.2) is 11.5 Å². The van der Waals surface area contributed by atoms with E-state index in [2.05, 4.69) is 0 Å². The van der Waals surface area contributed by atoms with Gasteiger partial charge in [0.05, 0.1) is 19.1 Å². The van der Waals surface area contributed by atoms with Crippen LogP contribution >= 0.6 is 0 Å². The Labute approximate surface area is 170 Å². The van der Waals surface area contributed by atoms with Gasteiger partial charge in [-0.1, -0.05) is 12.1 Å². The zero-order chi connectivity index (χ0) is 21.0. The molecule has 0 saturated carbocycles. The van der Waals surface area contributed by atoms with Crippen LogP contribution in [0.15, 0.2) is 24.3 Å². The Morgan fingerprint density at radius 1 is 1.14 bits per heavy atom. The number of rotatable bonds is 5. The molecule has 3 rings (SSSR count). The molecule has 2 atom stereocenters. The van der Waals surface area contributed by atoms with E-state index in [0.29, 0.717) is 44.0 Å². The lowest BCUT2D eigenvalue weighted by Crippen LogP contribution is -2.52. The summed E-state index contributed by atoms with van der Waals surface area (Å²) >= 11 is 0. The Balaban J connectivity index is 1.52. The van der Waals surface area contributed by atoms with Crippen LogP contribution in [0.5, 0.6) is 11.5 Å². The summed E-state index contributed by atoms with van der Waals surface area (Å²) < 4.78 is 16.7. The molecule has 0 radical (unpaired) electrons. The normalized spacial score (nSPS) is 21.4. The van der Waals surface area contributed by atoms with Crippen molar-refractivity contribution in [3.8, 4) is 11.5 Å². The number of fused-ring (bicyclic) bond motifs is 1. The number of hydrogen-bond acceptors (Lipinski definition) is 6. The van der Waals surface area contributed by atoms with E-state index in [0.717, 1.165) is 0 Å². The Morgan fingerprint density at radius 3 is 2.38 bits per heavy atom. The number of esters is 1. The van der Waals surface area contributed by atoms with Crippen molar-refractivity contribution in [2.45, 2.75) is 38.9 Å². The largest absolute Gasteiger partial charge is 0.482 e. The monoisotopic (exact) mass is 404 g/mol. The molecule has 8 heteroatoms. The third-order valence-corrected chi connectivity index (χ3v) is 5.30. The first-order valence-electron chi connectivity index (χ1n) is 10.0. The van der Waals surface area contributed by atoms with Crippen molar-refractivity contribution >= 4 is 17.8 Å². The predicted molar refractivity (Wildman–Crippen MR) is 105 cm³/mol. The molecular formula is C21H28N2O6. The first-order valence-corrected chi connectivity index (χ1v) is 10.0. The van der Waals surface area contributed by atoms with Crippen LogP contribution in [0.2, 0.25) is 0 Å². The van der Waals surface area contributed by atoms with Gasteiger partial charge in [-0.15, -0.1) is 0 Å². The molecule has 29 heavy (non-hydrogen) atoms. The highest BCUT2D eigenvalue weighted by atomic mass is 16.6. The van der Waals surface area contributed by atoms with Crippen LogP contribution in [0.4, 0.5) is 0 Å². The number of likely N-dealkylation sites (N-methyl/N-ethyl adjacent to an activating group) is 1. The number of hydrogen-bond donors (Lipinski definition) is 0.